The Bertz CT molecular complexity index is 835. The van der Waals surface area contributed by atoms with Crippen molar-refractivity contribution in [2.24, 2.45) is 0 Å². The summed E-state index contributed by atoms with van der Waals surface area (Å²) in [6, 6.07) is 10.6. The quantitative estimate of drug-likeness (QED) is 0.835. The van der Waals surface area contributed by atoms with E-state index < -0.39 is 5.41 Å². The second-order valence-corrected chi connectivity index (χ2v) is 7.96. The van der Waals surface area contributed by atoms with Crippen molar-refractivity contribution in [1.82, 2.24) is 15.1 Å². The van der Waals surface area contributed by atoms with Gasteiger partial charge in [0.2, 0.25) is 5.91 Å². The van der Waals surface area contributed by atoms with E-state index in [1.807, 2.05) is 4.90 Å². The van der Waals surface area contributed by atoms with Crippen LogP contribution in [-0.4, -0.2) is 47.2 Å². The molecule has 6 heteroatoms. The van der Waals surface area contributed by atoms with E-state index in [0.717, 1.165) is 43.0 Å². The molecule has 3 fully saturated rings. The van der Waals surface area contributed by atoms with E-state index >= 15 is 0 Å². The predicted molar refractivity (Wildman–Crippen MR) is 100 cm³/mol. The van der Waals surface area contributed by atoms with Gasteiger partial charge in [0, 0.05) is 32.1 Å². The van der Waals surface area contributed by atoms with Gasteiger partial charge >= 0.3 is 0 Å². The normalized spacial score (nSPS) is 21.2. The minimum absolute atomic E-state index is 0.184. The molecule has 5 nitrogen and oxygen atoms in total. The molecular weight excluding hydrogens is 343 g/mol. The number of piperazine rings is 1. The van der Waals surface area contributed by atoms with Crippen molar-refractivity contribution >= 4 is 11.7 Å². The highest BCUT2D eigenvalue weighted by Gasteiger charge is 2.53. The van der Waals surface area contributed by atoms with Gasteiger partial charge in [-0.25, -0.2) is 4.39 Å². The minimum Gasteiger partial charge on any atom is -0.352 e. The Kier molecular flexibility index (Phi) is 3.88. The Morgan fingerprint density at radius 2 is 1.67 bits per heavy atom. The summed E-state index contributed by atoms with van der Waals surface area (Å²) in [4.78, 5) is 17.3. The number of halogens is 1. The Morgan fingerprint density at radius 1 is 0.963 bits per heavy atom. The van der Waals surface area contributed by atoms with E-state index in [-0.39, 0.29) is 11.7 Å². The molecule has 5 rings (SSSR count). The molecule has 2 saturated carbocycles. The molecule has 1 saturated heterocycles. The van der Waals surface area contributed by atoms with Crippen LogP contribution in [0.15, 0.2) is 36.4 Å². The maximum absolute atomic E-state index is 13.2. The van der Waals surface area contributed by atoms with Gasteiger partial charge in [0.05, 0.1) is 11.1 Å². The van der Waals surface area contributed by atoms with Crippen LogP contribution < -0.4 is 4.90 Å². The highest BCUT2D eigenvalue weighted by molar-refractivity contribution is 5.91. The van der Waals surface area contributed by atoms with E-state index in [1.54, 1.807) is 12.1 Å². The first-order valence-electron chi connectivity index (χ1n) is 9.80. The van der Waals surface area contributed by atoms with Gasteiger partial charge in [-0.2, -0.15) is 5.10 Å². The fourth-order valence-corrected chi connectivity index (χ4v) is 4.06. The van der Waals surface area contributed by atoms with Crippen LogP contribution in [-0.2, 0) is 10.2 Å². The van der Waals surface area contributed by atoms with E-state index in [9.17, 15) is 9.18 Å². The topological polar surface area (TPSA) is 49.3 Å². The second-order valence-electron chi connectivity index (χ2n) is 7.96. The fourth-order valence-electron chi connectivity index (χ4n) is 4.06. The first kappa shape index (κ1) is 16.7. The molecule has 0 atom stereocenters. The van der Waals surface area contributed by atoms with E-state index in [2.05, 4.69) is 27.2 Å². The molecule has 0 spiro atoms. The summed E-state index contributed by atoms with van der Waals surface area (Å²) in [6.07, 6.45) is 4.16. The zero-order chi connectivity index (χ0) is 18.4. The van der Waals surface area contributed by atoms with Crippen molar-refractivity contribution in [2.75, 3.05) is 31.1 Å². The van der Waals surface area contributed by atoms with Crippen LogP contribution in [0.4, 0.5) is 10.2 Å². The lowest BCUT2D eigenvalue weighted by molar-refractivity contribution is -0.134. The third-order valence-electron chi connectivity index (χ3n) is 6.11. The van der Waals surface area contributed by atoms with E-state index in [0.29, 0.717) is 19.0 Å². The van der Waals surface area contributed by atoms with Gasteiger partial charge in [-0.3, -0.25) is 4.79 Å². The van der Waals surface area contributed by atoms with Crippen molar-refractivity contribution in [3.63, 3.8) is 0 Å². The summed E-state index contributed by atoms with van der Waals surface area (Å²) in [5.41, 5.74) is 1.61. The number of hydrogen-bond acceptors (Lipinski definition) is 4. The van der Waals surface area contributed by atoms with E-state index in [1.165, 1.54) is 25.0 Å². The molecule has 1 aromatic carbocycles. The summed E-state index contributed by atoms with van der Waals surface area (Å²) in [6.45, 7) is 2.91. The summed E-state index contributed by atoms with van der Waals surface area (Å²) in [5.74, 6) is 1.43. The largest absolute Gasteiger partial charge is 0.352 e. The molecule has 0 N–H and O–H groups in total. The summed E-state index contributed by atoms with van der Waals surface area (Å²) < 4.78 is 13.2. The molecule has 1 amide bonds. The van der Waals surface area contributed by atoms with Gasteiger partial charge < -0.3 is 9.80 Å². The number of carbonyl (C=O) groups excluding carboxylic acids is 1. The molecule has 0 bridgehead atoms. The average molecular weight is 366 g/mol. The van der Waals surface area contributed by atoms with Gasteiger partial charge in [0.1, 0.15) is 5.82 Å². The van der Waals surface area contributed by atoms with Gasteiger partial charge in [0.15, 0.2) is 5.82 Å². The van der Waals surface area contributed by atoms with Crippen LogP contribution in [0.1, 0.15) is 42.9 Å². The van der Waals surface area contributed by atoms with Gasteiger partial charge in [-0.05, 0) is 55.5 Å². The number of carbonyl (C=O) groups is 1. The van der Waals surface area contributed by atoms with Crippen LogP contribution in [0, 0.1) is 5.82 Å². The van der Waals surface area contributed by atoms with Crippen LogP contribution >= 0.6 is 0 Å². The number of aromatic nitrogens is 2. The zero-order valence-corrected chi connectivity index (χ0v) is 15.3. The van der Waals surface area contributed by atoms with Crippen LogP contribution in [0.3, 0.4) is 0 Å². The van der Waals surface area contributed by atoms with Crippen molar-refractivity contribution in [1.29, 1.82) is 0 Å². The van der Waals surface area contributed by atoms with Gasteiger partial charge in [-0.15, -0.1) is 5.10 Å². The lowest BCUT2D eigenvalue weighted by atomic mass is 9.94. The molecule has 2 aliphatic carbocycles. The van der Waals surface area contributed by atoms with Crippen molar-refractivity contribution in [2.45, 2.75) is 37.0 Å². The zero-order valence-electron chi connectivity index (χ0n) is 15.3. The van der Waals surface area contributed by atoms with Crippen molar-refractivity contribution in [3.8, 4) is 0 Å². The summed E-state index contributed by atoms with van der Waals surface area (Å²) >= 11 is 0. The first-order chi connectivity index (χ1) is 13.2. The van der Waals surface area contributed by atoms with Crippen LogP contribution in [0.25, 0.3) is 0 Å². The van der Waals surface area contributed by atoms with Crippen LogP contribution in [0.2, 0.25) is 0 Å². The molecule has 3 aliphatic rings. The minimum atomic E-state index is -0.429. The van der Waals surface area contributed by atoms with Crippen molar-refractivity contribution < 1.29 is 9.18 Å². The molecule has 0 unspecified atom stereocenters. The predicted octanol–water partition coefficient (Wildman–Crippen LogP) is 2.87. The van der Waals surface area contributed by atoms with E-state index in [4.69, 9.17) is 0 Å². The molecule has 140 valence electrons. The number of hydrogen-bond donors (Lipinski definition) is 0. The maximum atomic E-state index is 13.2. The smallest absolute Gasteiger partial charge is 0.233 e. The van der Waals surface area contributed by atoms with Crippen molar-refractivity contribution in [3.05, 3.63) is 53.5 Å². The molecule has 1 aliphatic heterocycles. The SMILES string of the molecule is O=C(N1CCN(c2ccc(C3CC3)nn2)CC1)C1(c2ccc(F)cc2)CC1. The monoisotopic (exact) mass is 366 g/mol. The van der Waals surface area contributed by atoms with Crippen LogP contribution in [0.5, 0.6) is 0 Å². The van der Waals surface area contributed by atoms with Gasteiger partial charge in [0.25, 0.3) is 0 Å². The fraction of sp³-hybridized carbons (Fsp3) is 0.476. The maximum Gasteiger partial charge on any atom is 0.233 e. The molecule has 27 heavy (non-hydrogen) atoms. The lowest BCUT2D eigenvalue weighted by Gasteiger charge is -2.37. The third-order valence-corrected chi connectivity index (χ3v) is 6.11. The Labute approximate surface area is 158 Å². The molecule has 2 heterocycles. The number of rotatable bonds is 4. The molecular formula is C21H23FN4O. The third kappa shape index (κ3) is 3.07. The summed E-state index contributed by atoms with van der Waals surface area (Å²) in [5, 5.41) is 8.75. The standard InChI is InChI=1S/C21H23FN4O/c22-17-5-3-16(4-6-17)21(9-10-21)20(27)26-13-11-25(12-14-26)19-8-7-18(23-24-19)15-1-2-15/h3-8,15H,1-2,9-14H2. The van der Waals surface area contributed by atoms with Gasteiger partial charge in [-0.1, -0.05) is 12.1 Å². The number of nitrogens with zero attached hydrogens (tertiary/aromatic N) is 4. The number of amides is 1. The highest BCUT2D eigenvalue weighted by atomic mass is 19.1. The Balaban J connectivity index is 1.23. The Hall–Kier alpha value is -2.50. The molecule has 1 aromatic heterocycles. The molecule has 2 aromatic rings. The number of anilines is 1. The average Bonchev–Trinajstić information content (AvgIpc) is 3.62. The Morgan fingerprint density at radius 3 is 2.22 bits per heavy atom. The molecule has 0 radical (unpaired) electrons. The highest BCUT2D eigenvalue weighted by Crippen LogP contribution is 2.49. The summed E-state index contributed by atoms with van der Waals surface area (Å²) in [7, 11) is 0. The second kappa shape index (κ2) is 6.29. The first-order valence-corrected chi connectivity index (χ1v) is 9.80. The number of benzene rings is 1. The lowest BCUT2D eigenvalue weighted by Crippen LogP contribution is -2.51.